The highest BCUT2D eigenvalue weighted by atomic mass is 32.1. The van der Waals surface area contributed by atoms with Crippen LogP contribution in [0.1, 0.15) is 41.7 Å². The number of hydrogen-bond acceptors (Lipinski definition) is 5. The summed E-state index contributed by atoms with van der Waals surface area (Å²) in [7, 11) is 0. The molecule has 2 N–H and O–H groups in total. The fraction of sp³-hybridized carbons (Fsp3) is 0.450. The Balaban J connectivity index is 1.38. The number of thiazole rings is 1. The number of anilines is 2. The Bertz CT molecular complexity index is 846. The quantitative estimate of drug-likeness (QED) is 0.829. The summed E-state index contributed by atoms with van der Waals surface area (Å²) in [6, 6.07) is 8.39. The van der Waals surface area contributed by atoms with Crippen molar-refractivity contribution in [2.45, 2.75) is 38.6 Å². The summed E-state index contributed by atoms with van der Waals surface area (Å²) in [5.74, 6) is -0.102. The van der Waals surface area contributed by atoms with E-state index in [0.29, 0.717) is 30.0 Å². The standard InChI is InChI=1S/C20H24N4O2S/c1-13-4-2-6-16(10-13)22-20-23-17(12-27-20)19(26)24-9-3-5-14(11-24)18(25)21-15-7-8-15/h2,4,6,10,12,14-15H,3,5,7-9,11H2,1H3,(H,21,25)(H,22,23). The Hall–Kier alpha value is -2.41. The Morgan fingerprint density at radius 3 is 2.89 bits per heavy atom. The molecule has 27 heavy (non-hydrogen) atoms. The third kappa shape index (κ3) is 4.47. The lowest BCUT2D eigenvalue weighted by atomic mass is 9.97. The Kier molecular flexibility index (Phi) is 5.11. The number of carbonyl (C=O) groups is 2. The molecular weight excluding hydrogens is 360 g/mol. The number of nitrogens with zero attached hydrogens (tertiary/aromatic N) is 2. The van der Waals surface area contributed by atoms with E-state index in [-0.39, 0.29) is 17.7 Å². The molecule has 7 heteroatoms. The van der Waals surface area contributed by atoms with Crippen molar-refractivity contribution in [3.05, 3.63) is 40.9 Å². The van der Waals surface area contributed by atoms with E-state index in [1.807, 2.05) is 31.2 Å². The third-order valence-corrected chi connectivity index (χ3v) is 5.75. The maximum Gasteiger partial charge on any atom is 0.273 e. The first kappa shape index (κ1) is 18.0. The maximum atomic E-state index is 12.8. The van der Waals surface area contributed by atoms with Crippen molar-refractivity contribution in [3.8, 4) is 0 Å². The van der Waals surface area contributed by atoms with Gasteiger partial charge < -0.3 is 15.5 Å². The van der Waals surface area contributed by atoms with Gasteiger partial charge in [-0.05, 0) is 50.3 Å². The van der Waals surface area contributed by atoms with E-state index in [2.05, 4.69) is 15.6 Å². The number of amides is 2. The van der Waals surface area contributed by atoms with Gasteiger partial charge >= 0.3 is 0 Å². The first-order chi connectivity index (χ1) is 13.1. The molecule has 1 aromatic heterocycles. The highest BCUT2D eigenvalue weighted by Gasteiger charge is 2.32. The zero-order valence-corrected chi connectivity index (χ0v) is 16.2. The molecule has 142 valence electrons. The van der Waals surface area contributed by atoms with Gasteiger partial charge in [0.1, 0.15) is 5.69 Å². The summed E-state index contributed by atoms with van der Waals surface area (Å²) in [6.07, 6.45) is 3.86. The van der Waals surface area contributed by atoms with Crippen LogP contribution < -0.4 is 10.6 Å². The predicted molar refractivity (Wildman–Crippen MR) is 106 cm³/mol. The number of aryl methyl sites for hydroxylation is 1. The molecule has 1 atom stereocenters. The van der Waals surface area contributed by atoms with Crippen molar-refractivity contribution in [3.63, 3.8) is 0 Å². The van der Waals surface area contributed by atoms with Crippen molar-refractivity contribution in [2.75, 3.05) is 18.4 Å². The summed E-state index contributed by atoms with van der Waals surface area (Å²) < 4.78 is 0. The monoisotopic (exact) mass is 384 g/mol. The van der Waals surface area contributed by atoms with Gasteiger partial charge in [0.25, 0.3) is 5.91 Å². The van der Waals surface area contributed by atoms with Crippen molar-refractivity contribution in [2.24, 2.45) is 5.92 Å². The number of carbonyl (C=O) groups excluding carboxylic acids is 2. The van der Waals surface area contributed by atoms with Crippen molar-refractivity contribution < 1.29 is 9.59 Å². The lowest BCUT2D eigenvalue weighted by Gasteiger charge is -2.31. The first-order valence-corrected chi connectivity index (χ1v) is 10.4. The largest absolute Gasteiger partial charge is 0.353 e. The van der Waals surface area contributed by atoms with Gasteiger partial charge in [0.05, 0.1) is 5.92 Å². The Morgan fingerprint density at radius 1 is 1.26 bits per heavy atom. The van der Waals surface area contributed by atoms with Crippen LogP contribution in [-0.2, 0) is 4.79 Å². The SMILES string of the molecule is Cc1cccc(Nc2nc(C(=O)N3CCCC(C(=O)NC4CC4)C3)cs2)c1. The molecule has 4 rings (SSSR count). The minimum absolute atomic E-state index is 0.0903. The molecule has 2 amide bonds. The molecule has 1 unspecified atom stereocenters. The van der Waals surface area contributed by atoms with Crippen LogP contribution >= 0.6 is 11.3 Å². The van der Waals surface area contributed by atoms with Crippen molar-refractivity contribution >= 4 is 34.0 Å². The predicted octanol–water partition coefficient (Wildman–Crippen LogP) is 3.33. The number of benzene rings is 1. The van der Waals surface area contributed by atoms with Crippen molar-refractivity contribution in [1.82, 2.24) is 15.2 Å². The highest BCUT2D eigenvalue weighted by molar-refractivity contribution is 7.14. The molecule has 2 aromatic rings. The van der Waals surface area contributed by atoms with Crippen LogP contribution in [0.15, 0.2) is 29.6 Å². The van der Waals surface area contributed by atoms with E-state index in [9.17, 15) is 9.59 Å². The molecule has 1 saturated heterocycles. The fourth-order valence-electron chi connectivity index (χ4n) is 3.36. The number of nitrogens with one attached hydrogen (secondary N) is 2. The van der Waals surface area contributed by atoms with E-state index >= 15 is 0 Å². The van der Waals surface area contributed by atoms with Crippen LogP contribution in [0.4, 0.5) is 10.8 Å². The van der Waals surface area contributed by atoms with Gasteiger partial charge in [-0.15, -0.1) is 11.3 Å². The lowest BCUT2D eigenvalue weighted by molar-refractivity contribution is -0.126. The molecule has 0 spiro atoms. The average Bonchev–Trinajstić information content (AvgIpc) is 3.36. The number of aromatic nitrogens is 1. The molecule has 1 aromatic carbocycles. The normalized spacial score (nSPS) is 19.6. The van der Waals surface area contributed by atoms with Crippen LogP contribution in [0.3, 0.4) is 0 Å². The van der Waals surface area contributed by atoms with Gasteiger partial charge in [0, 0.05) is 30.2 Å². The molecule has 2 aliphatic rings. The van der Waals surface area contributed by atoms with Gasteiger partial charge in [0.2, 0.25) is 5.91 Å². The van der Waals surface area contributed by atoms with Crippen LogP contribution in [0.5, 0.6) is 0 Å². The van der Waals surface area contributed by atoms with E-state index in [0.717, 1.165) is 36.9 Å². The zero-order valence-electron chi connectivity index (χ0n) is 15.4. The topological polar surface area (TPSA) is 74.3 Å². The minimum Gasteiger partial charge on any atom is -0.353 e. The lowest BCUT2D eigenvalue weighted by Crippen LogP contribution is -2.46. The van der Waals surface area contributed by atoms with Gasteiger partial charge in [-0.2, -0.15) is 0 Å². The van der Waals surface area contributed by atoms with Gasteiger partial charge in [-0.1, -0.05) is 12.1 Å². The summed E-state index contributed by atoms with van der Waals surface area (Å²) >= 11 is 1.42. The van der Waals surface area contributed by atoms with E-state index in [1.165, 1.54) is 11.3 Å². The summed E-state index contributed by atoms with van der Waals surface area (Å²) in [5.41, 5.74) is 2.56. The Labute approximate surface area is 163 Å². The second-order valence-corrected chi connectivity index (χ2v) is 8.26. The van der Waals surface area contributed by atoms with Crippen LogP contribution in [0.25, 0.3) is 0 Å². The van der Waals surface area contributed by atoms with Crippen LogP contribution in [0.2, 0.25) is 0 Å². The summed E-state index contributed by atoms with van der Waals surface area (Å²) in [5, 5.41) is 8.79. The molecule has 6 nitrogen and oxygen atoms in total. The molecule has 1 aliphatic carbocycles. The minimum atomic E-state index is -0.105. The second kappa shape index (κ2) is 7.68. The second-order valence-electron chi connectivity index (χ2n) is 7.41. The van der Waals surface area contributed by atoms with Crippen LogP contribution in [0, 0.1) is 12.8 Å². The number of piperidine rings is 1. The molecule has 0 bridgehead atoms. The van der Waals surface area contributed by atoms with Crippen molar-refractivity contribution in [1.29, 1.82) is 0 Å². The molecular formula is C20H24N4O2S. The molecule has 2 fully saturated rings. The smallest absolute Gasteiger partial charge is 0.273 e. The zero-order chi connectivity index (χ0) is 18.8. The summed E-state index contributed by atoms with van der Waals surface area (Å²) in [4.78, 5) is 31.4. The summed E-state index contributed by atoms with van der Waals surface area (Å²) in [6.45, 7) is 3.20. The van der Waals surface area contributed by atoms with Gasteiger partial charge in [-0.3, -0.25) is 9.59 Å². The molecule has 2 heterocycles. The molecule has 0 radical (unpaired) electrons. The van der Waals surface area contributed by atoms with Crippen LogP contribution in [-0.4, -0.2) is 40.8 Å². The number of hydrogen-bond donors (Lipinski definition) is 2. The number of likely N-dealkylation sites (tertiary alicyclic amines) is 1. The molecule has 1 saturated carbocycles. The fourth-order valence-corrected chi connectivity index (χ4v) is 4.06. The Morgan fingerprint density at radius 2 is 2.11 bits per heavy atom. The third-order valence-electron chi connectivity index (χ3n) is 5.00. The maximum absolute atomic E-state index is 12.8. The van der Waals surface area contributed by atoms with E-state index in [1.54, 1.807) is 10.3 Å². The van der Waals surface area contributed by atoms with Gasteiger partial charge in [0.15, 0.2) is 5.13 Å². The molecule has 1 aliphatic heterocycles. The number of rotatable bonds is 5. The first-order valence-electron chi connectivity index (χ1n) is 9.47. The van der Waals surface area contributed by atoms with E-state index in [4.69, 9.17) is 0 Å². The van der Waals surface area contributed by atoms with Gasteiger partial charge in [-0.25, -0.2) is 4.98 Å². The van der Waals surface area contributed by atoms with E-state index < -0.39 is 0 Å². The average molecular weight is 385 g/mol. The highest BCUT2D eigenvalue weighted by Crippen LogP contribution is 2.25.